The van der Waals surface area contributed by atoms with Crippen LogP contribution in [0.2, 0.25) is 0 Å². The Morgan fingerprint density at radius 1 is 1.17 bits per heavy atom. The van der Waals surface area contributed by atoms with Gasteiger partial charge in [0.15, 0.2) is 0 Å². The summed E-state index contributed by atoms with van der Waals surface area (Å²) in [5.41, 5.74) is -0.154. The highest BCUT2D eigenvalue weighted by Crippen LogP contribution is 2.29. The Morgan fingerprint density at radius 2 is 1.79 bits per heavy atom. The molecule has 1 N–H and O–H groups in total. The van der Waals surface area contributed by atoms with Gasteiger partial charge in [0.05, 0.1) is 18.8 Å². The summed E-state index contributed by atoms with van der Waals surface area (Å²) in [6, 6.07) is 5.73. The zero-order valence-electron chi connectivity index (χ0n) is 15.6. The Hall–Kier alpha value is -2.37. The Labute approximate surface area is 166 Å². The first-order chi connectivity index (χ1) is 13.6. The number of hydrogen-bond acceptors (Lipinski definition) is 4. The summed E-state index contributed by atoms with van der Waals surface area (Å²) < 4.78 is 71.1. The Morgan fingerprint density at radius 3 is 2.38 bits per heavy atom. The molecule has 1 fully saturated rings. The number of rotatable bonds is 5. The SMILES string of the molecule is Cn1cc(S(=O)(=O)N2CCOCC2)cc1C(=O)NCc1ccc(C(F)(F)F)cc1. The summed E-state index contributed by atoms with van der Waals surface area (Å²) in [7, 11) is -2.19. The van der Waals surface area contributed by atoms with E-state index in [1.165, 1.54) is 33.3 Å². The average molecular weight is 431 g/mol. The first-order valence-corrected chi connectivity index (χ1v) is 10.2. The lowest BCUT2D eigenvalue weighted by Gasteiger charge is -2.25. The van der Waals surface area contributed by atoms with E-state index in [0.717, 1.165) is 12.1 Å². The maximum atomic E-state index is 12.7. The van der Waals surface area contributed by atoms with Crippen LogP contribution in [0.3, 0.4) is 0 Å². The minimum Gasteiger partial charge on any atom is -0.379 e. The van der Waals surface area contributed by atoms with Crippen LogP contribution < -0.4 is 5.32 Å². The van der Waals surface area contributed by atoms with E-state index in [-0.39, 0.29) is 30.2 Å². The number of carbonyl (C=O) groups excluding carboxylic acids is 1. The zero-order valence-corrected chi connectivity index (χ0v) is 16.4. The lowest BCUT2D eigenvalue weighted by Crippen LogP contribution is -2.40. The molecule has 2 heterocycles. The predicted molar refractivity (Wildman–Crippen MR) is 97.6 cm³/mol. The second-order valence-electron chi connectivity index (χ2n) is 6.57. The van der Waals surface area contributed by atoms with Crippen molar-refractivity contribution in [3.05, 3.63) is 53.3 Å². The molecule has 1 aliphatic rings. The number of alkyl halides is 3. The Kier molecular flexibility index (Phi) is 6.01. The third-order valence-electron chi connectivity index (χ3n) is 4.55. The number of nitrogens with one attached hydrogen (secondary N) is 1. The zero-order chi connectivity index (χ0) is 21.2. The van der Waals surface area contributed by atoms with Crippen LogP contribution in [-0.4, -0.2) is 49.5 Å². The molecular weight excluding hydrogens is 411 g/mol. The highest BCUT2D eigenvalue weighted by Gasteiger charge is 2.30. The van der Waals surface area contributed by atoms with Crippen LogP contribution in [0.5, 0.6) is 0 Å². The molecule has 0 radical (unpaired) electrons. The van der Waals surface area contributed by atoms with Gasteiger partial charge in [-0.15, -0.1) is 0 Å². The van der Waals surface area contributed by atoms with E-state index in [0.29, 0.717) is 18.8 Å². The third-order valence-corrected chi connectivity index (χ3v) is 6.42. The molecule has 7 nitrogen and oxygen atoms in total. The van der Waals surface area contributed by atoms with Crippen LogP contribution in [-0.2, 0) is 34.5 Å². The molecule has 0 unspecified atom stereocenters. The van der Waals surface area contributed by atoms with Crippen molar-refractivity contribution >= 4 is 15.9 Å². The number of aryl methyl sites for hydroxylation is 1. The molecule has 1 aliphatic heterocycles. The topological polar surface area (TPSA) is 80.6 Å². The van der Waals surface area contributed by atoms with Gasteiger partial charge in [-0.3, -0.25) is 4.79 Å². The maximum absolute atomic E-state index is 12.7. The second-order valence-corrected chi connectivity index (χ2v) is 8.50. The van der Waals surface area contributed by atoms with Crippen LogP contribution >= 0.6 is 0 Å². The van der Waals surface area contributed by atoms with Gasteiger partial charge in [0.25, 0.3) is 5.91 Å². The van der Waals surface area contributed by atoms with E-state index >= 15 is 0 Å². The smallest absolute Gasteiger partial charge is 0.379 e. The molecule has 158 valence electrons. The van der Waals surface area contributed by atoms with E-state index in [1.807, 2.05) is 0 Å². The van der Waals surface area contributed by atoms with E-state index in [4.69, 9.17) is 4.74 Å². The third kappa shape index (κ3) is 4.80. The van der Waals surface area contributed by atoms with Crippen molar-refractivity contribution in [2.75, 3.05) is 26.3 Å². The number of carbonyl (C=O) groups is 1. The number of benzene rings is 1. The highest BCUT2D eigenvalue weighted by atomic mass is 32.2. The molecule has 2 aromatic rings. The first-order valence-electron chi connectivity index (χ1n) is 8.77. The molecule has 1 amide bonds. The van der Waals surface area contributed by atoms with Crippen molar-refractivity contribution in [2.45, 2.75) is 17.6 Å². The van der Waals surface area contributed by atoms with E-state index < -0.39 is 27.7 Å². The van der Waals surface area contributed by atoms with Gasteiger partial charge in [0.1, 0.15) is 10.6 Å². The van der Waals surface area contributed by atoms with E-state index in [2.05, 4.69) is 5.32 Å². The fourth-order valence-electron chi connectivity index (χ4n) is 2.92. The van der Waals surface area contributed by atoms with Crippen LogP contribution in [0.25, 0.3) is 0 Å². The number of ether oxygens (including phenoxy) is 1. The minimum atomic E-state index is -4.42. The van der Waals surface area contributed by atoms with Gasteiger partial charge in [0.2, 0.25) is 10.0 Å². The summed E-state index contributed by atoms with van der Waals surface area (Å²) >= 11 is 0. The fraction of sp³-hybridized carbons (Fsp3) is 0.389. The number of hydrogen-bond donors (Lipinski definition) is 1. The summed E-state index contributed by atoms with van der Waals surface area (Å²) in [5.74, 6) is -0.532. The lowest BCUT2D eigenvalue weighted by atomic mass is 10.1. The van der Waals surface area contributed by atoms with Gasteiger partial charge in [0, 0.05) is 32.9 Å². The molecule has 3 rings (SSSR count). The summed E-state index contributed by atoms with van der Waals surface area (Å²) in [6.45, 7) is 1.12. The number of morpholine rings is 1. The first kappa shape index (κ1) is 21.3. The van der Waals surface area contributed by atoms with Crippen LogP contribution in [0, 0.1) is 0 Å². The number of sulfonamides is 1. The molecule has 0 atom stereocenters. The standard InChI is InChI=1S/C18H20F3N3O4S/c1-23-12-15(29(26,27)24-6-8-28-9-7-24)10-16(23)17(25)22-11-13-2-4-14(5-3-13)18(19,20)21/h2-5,10,12H,6-9,11H2,1H3,(H,22,25). The minimum absolute atomic E-state index is 0.00146. The maximum Gasteiger partial charge on any atom is 0.416 e. The van der Waals surface area contributed by atoms with Gasteiger partial charge >= 0.3 is 6.18 Å². The number of aromatic nitrogens is 1. The molecule has 29 heavy (non-hydrogen) atoms. The van der Waals surface area contributed by atoms with Crippen molar-refractivity contribution in [3.8, 4) is 0 Å². The highest BCUT2D eigenvalue weighted by molar-refractivity contribution is 7.89. The molecular formula is C18H20F3N3O4S. The molecule has 0 aliphatic carbocycles. The van der Waals surface area contributed by atoms with Gasteiger partial charge in [-0.2, -0.15) is 17.5 Å². The van der Waals surface area contributed by atoms with Gasteiger partial charge in [-0.05, 0) is 23.8 Å². The van der Waals surface area contributed by atoms with E-state index in [1.54, 1.807) is 7.05 Å². The largest absolute Gasteiger partial charge is 0.416 e. The predicted octanol–water partition coefficient (Wildman–Crippen LogP) is 1.99. The number of amides is 1. The summed E-state index contributed by atoms with van der Waals surface area (Å²) in [6.07, 6.45) is -3.06. The summed E-state index contributed by atoms with van der Waals surface area (Å²) in [5, 5.41) is 2.59. The lowest BCUT2D eigenvalue weighted by molar-refractivity contribution is -0.137. The van der Waals surface area contributed by atoms with Gasteiger partial charge < -0.3 is 14.6 Å². The second kappa shape index (κ2) is 8.17. The van der Waals surface area contributed by atoms with Crippen LogP contribution in [0.4, 0.5) is 13.2 Å². The van der Waals surface area contributed by atoms with Crippen molar-refractivity contribution in [3.63, 3.8) is 0 Å². The van der Waals surface area contributed by atoms with Gasteiger partial charge in [-0.25, -0.2) is 8.42 Å². The van der Waals surface area contributed by atoms with Crippen molar-refractivity contribution in [1.29, 1.82) is 0 Å². The fourth-order valence-corrected chi connectivity index (χ4v) is 4.40. The quantitative estimate of drug-likeness (QED) is 0.785. The van der Waals surface area contributed by atoms with Crippen LogP contribution in [0.15, 0.2) is 41.4 Å². The van der Waals surface area contributed by atoms with Crippen LogP contribution in [0.1, 0.15) is 21.6 Å². The van der Waals surface area contributed by atoms with Crippen molar-refractivity contribution < 1.29 is 31.1 Å². The molecule has 0 spiro atoms. The van der Waals surface area contributed by atoms with Gasteiger partial charge in [-0.1, -0.05) is 12.1 Å². The number of halogens is 3. The van der Waals surface area contributed by atoms with E-state index in [9.17, 15) is 26.4 Å². The average Bonchev–Trinajstić information content (AvgIpc) is 3.09. The molecule has 1 aromatic carbocycles. The van der Waals surface area contributed by atoms with Crippen molar-refractivity contribution in [1.82, 2.24) is 14.2 Å². The Balaban J connectivity index is 1.69. The summed E-state index contributed by atoms with van der Waals surface area (Å²) in [4.78, 5) is 12.4. The Bertz CT molecular complexity index is 979. The molecule has 11 heteroatoms. The monoisotopic (exact) mass is 431 g/mol. The normalized spacial score (nSPS) is 16.0. The molecule has 0 saturated carbocycles. The molecule has 1 saturated heterocycles. The number of nitrogens with zero attached hydrogens (tertiary/aromatic N) is 2. The molecule has 1 aromatic heterocycles. The van der Waals surface area contributed by atoms with Crippen molar-refractivity contribution in [2.24, 2.45) is 7.05 Å². The molecule has 0 bridgehead atoms.